The van der Waals surface area contributed by atoms with Gasteiger partial charge >= 0.3 is 5.97 Å². The van der Waals surface area contributed by atoms with Crippen LogP contribution < -0.4 is 10.1 Å². The summed E-state index contributed by atoms with van der Waals surface area (Å²) >= 11 is 1.65. The quantitative estimate of drug-likeness (QED) is 0.432. The van der Waals surface area contributed by atoms with E-state index in [1.807, 2.05) is 37.4 Å². The lowest BCUT2D eigenvalue weighted by atomic mass is 10.2. The molecule has 2 aromatic carbocycles. The summed E-state index contributed by atoms with van der Waals surface area (Å²) in [6.45, 7) is 2.14. The van der Waals surface area contributed by atoms with Crippen LogP contribution in [0.1, 0.15) is 12.5 Å². The second-order valence-corrected chi connectivity index (χ2v) is 6.10. The standard InChI is InChI=1S/C20H21NO4S/c1-3-24-17-9-7-16(8-10-17)21-19(22)14-25-20(23)13-6-15-4-11-18(26-2)12-5-15/h4-13H,3,14H2,1-2H3,(H,21,22)/b13-6+. The summed E-state index contributed by atoms with van der Waals surface area (Å²) in [5.74, 6) is -0.242. The van der Waals surface area contributed by atoms with Gasteiger partial charge in [-0.15, -0.1) is 11.8 Å². The van der Waals surface area contributed by atoms with E-state index in [2.05, 4.69) is 5.32 Å². The molecule has 5 nitrogen and oxygen atoms in total. The summed E-state index contributed by atoms with van der Waals surface area (Å²) in [6.07, 6.45) is 4.95. The van der Waals surface area contributed by atoms with Gasteiger partial charge in [-0.25, -0.2) is 4.79 Å². The zero-order valence-corrected chi connectivity index (χ0v) is 15.5. The number of esters is 1. The number of ether oxygens (including phenoxy) is 2. The fourth-order valence-corrected chi connectivity index (χ4v) is 2.47. The highest BCUT2D eigenvalue weighted by atomic mass is 32.2. The number of hydrogen-bond donors (Lipinski definition) is 1. The number of amides is 1. The first-order valence-corrected chi connectivity index (χ1v) is 9.35. The molecule has 0 aliphatic carbocycles. The second-order valence-electron chi connectivity index (χ2n) is 5.22. The van der Waals surface area contributed by atoms with Gasteiger partial charge in [0.2, 0.25) is 0 Å². The number of nitrogens with one attached hydrogen (secondary N) is 1. The Bertz CT molecular complexity index is 754. The lowest BCUT2D eigenvalue weighted by Crippen LogP contribution is -2.20. The van der Waals surface area contributed by atoms with Crippen LogP contribution in [0.5, 0.6) is 5.75 Å². The van der Waals surface area contributed by atoms with Crippen LogP contribution in [-0.4, -0.2) is 31.3 Å². The smallest absolute Gasteiger partial charge is 0.331 e. The highest BCUT2D eigenvalue weighted by molar-refractivity contribution is 7.98. The highest BCUT2D eigenvalue weighted by Gasteiger charge is 2.06. The van der Waals surface area contributed by atoms with Crippen molar-refractivity contribution in [1.82, 2.24) is 0 Å². The molecule has 0 spiro atoms. The van der Waals surface area contributed by atoms with Gasteiger partial charge < -0.3 is 14.8 Å². The zero-order valence-electron chi connectivity index (χ0n) is 14.7. The first-order chi connectivity index (χ1) is 12.6. The minimum Gasteiger partial charge on any atom is -0.494 e. The topological polar surface area (TPSA) is 64.6 Å². The van der Waals surface area contributed by atoms with Crippen LogP contribution in [0.15, 0.2) is 59.5 Å². The van der Waals surface area contributed by atoms with Gasteiger partial charge in [0, 0.05) is 16.7 Å². The van der Waals surface area contributed by atoms with E-state index < -0.39 is 11.9 Å². The van der Waals surface area contributed by atoms with Crippen molar-refractivity contribution in [1.29, 1.82) is 0 Å². The molecule has 0 atom stereocenters. The first kappa shape index (κ1) is 19.6. The molecule has 0 aromatic heterocycles. The predicted octanol–water partition coefficient (Wildman–Crippen LogP) is 4.00. The van der Waals surface area contributed by atoms with Crippen molar-refractivity contribution in [3.05, 3.63) is 60.2 Å². The maximum absolute atomic E-state index is 11.8. The fraction of sp³-hybridized carbons (Fsp3) is 0.200. The number of carbonyl (C=O) groups excluding carboxylic acids is 2. The van der Waals surface area contributed by atoms with Crippen molar-refractivity contribution < 1.29 is 19.1 Å². The minimum absolute atomic E-state index is 0.345. The SMILES string of the molecule is CCOc1ccc(NC(=O)COC(=O)/C=C/c2ccc(SC)cc2)cc1. The second kappa shape index (κ2) is 10.3. The van der Waals surface area contributed by atoms with Crippen LogP contribution in [0.3, 0.4) is 0 Å². The number of thioether (sulfide) groups is 1. The van der Waals surface area contributed by atoms with Crippen molar-refractivity contribution in [2.75, 3.05) is 24.8 Å². The van der Waals surface area contributed by atoms with E-state index in [1.165, 1.54) is 6.08 Å². The molecule has 1 amide bonds. The Morgan fingerprint density at radius 3 is 2.38 bits per heavy atom. The molecule has 2 aromatic rings. The maximum Gasteiger partial charge on any atom is 0.331 e. The molecule has 0 fully saturated rings. The molecule has 26 heavy (non-hydrogen) atoms. The Hall–Kier alpha value is -2.73. The van der Waals surface area contributed by atoms with E-state index in [4.69, 9.17) is 9.47 Å². The molecule has 0 saturated carbocycles. The largest absolute Gasteiger partial charge is 0.494 e. The highest BCUT2D eigenvalue weighted by Crippen LogP contribution is 2.16. The molecule has 1 N–H and O–H groups in total. The van der Waals surface area contributed by atoms with Crippen molar-refractivity contribution in [2.24, 2.45) is 0 Å². The number of rotatable bonds is 8. The molecule has 0 aliphatic heterocycles. The lowest BCUT2D eigenvalue weighted by Gasteiger charge is -2.07. The summed E-state index contributed by atoms with van der Waals surface area (Å²) in [7, 11) is 0. The Morgan fingerprint density at radius 1 is 1.08 bits per heavy atom. The molecule has 0 aliphatic rings. The normalized spacial score (nSPS) is 10.5. The minimum atomic E-state index is -0.569. The fourth-order valence-electron chi connectivity index (χ4n) is 2.06. The molecule has 0 unspecified atom stereocenters. The summed E-state index contributed by atoms with van der Waals surface area (Å²) in [5, 5.41) is 2.65. The Labute approximate surface area is 157 Å². The zero-order chi connectivity index (χ0) is 18.8. The van der Waals surface area contributed by atoms with E-state index in [-0.39, 0.29) is 6.61 Å². The van der Waals surface area contributed by atoms with Gasteiger partial charge in [-0.3, -0.25) is 4.79 Å². The number of carbonyl (C=O) groups is 2. The monoisotopic (exact) mass is 371 g/mol. The van der Waals surface area contributed by atoms with Gasteiger partial charge in [0.25, 0.3) is 5.91 Å². The van der Waals surface area contributed by atoms with E-state index in [0.717, 1.165) is 16.2 Å². The van der Waals surface area contributed by atoms with Crippen LogP contribution in [0.2, 0.25) is 0 Å². The summed E-state index contributed by atoms with van der Waals surface area (Å²) in [6, 6.07) is 14.7. The van der Waals surface area contributed by atoms with Gasteiger partial charge in [-0.2, -0.15) is 0 Å². The van der Waals surface area contributed by atoms with Gasteiger partial charge in [0.15, 0.2) is 6.61 Å². The third kappa shape index (κ3) is 6.64. The molecule has 136 valence electrons. The summed E-state index contributed by atoms with van der Waals surface area (Å²) in [5.41, 5.74) is 1.50. The van der Waals surface area contributed by atoms with E-state index in [1.54, 1.807) is 42.1 Å². The van der Waals surface area contributed by atoms with Gasteiger partial charge in [-0.05, 0) is 61.2 Å². The molecule has 0 saturated heterocycles. The van der Waals surface area contributed by atoms with E-state index >= 15 is 0 Å². The Morgan fingerprint density at radius 2 is 1.77 bits per heavy atom. The molecule has 0 heterocycles. The van der Waals surface area contributed by atoms with E-state index in [9.17, 15) is 9.59 Å². The molecular formula is C20H21NO4S. The Balaban J connectivity index is 1.76. The molecule has 0 radical (unpaired) electrons. The molecular weight excluding hydrogens is 350 g/mol. The molecule has 2 rings (SSSR count). The predicted molar refractivity (Wildman–Crippen MR) is 104 cm³/mol. The van der Waals surface area contributed by atoms with Crippen molar-refractivity contribution >= 4 is 35.4 Å². The van der Waals surface area contributed by atoms with Crippen LogP contribution >= 0.6 is 11.8 Å². The Kier molecular flexibility index (Phi) is 7.76. The van der Waals surface area contributed by atoms with E-state index in [0.29, 0.717) is 12.3 Å². The maximum atomic E-state index is 11.8. The van der Waals surface area contributed by atoms with Crippen LogP contribution in [0.25, 0.3) is 6.08 Å². The van der Waals surface area contributed by atoms with Crippen molar-refractivity contribution in [2.45, 2.75) is 11.8 Å². The number of anilines is 1. The third-order valence-corrected chi connectivity index (χ3v) is 4.07. The van der Waals surface area contributed by atoms with Crippen LogP contribution in [0.4, 0.5) is 5.69 Å². The number of hydrogen-bond acceptors (Lipinski definition) is 5. The summed E-state index contributed by atoms with van der Waals surface area (Å²) < 4.78 is 10.3. The summed E-state index contributed by atoms with van der Waals surface area (Å²) in [4.78, 5) is 24.7. The first-order valence-electron chi connectivity index (χ1n) is 8.12. The number of benzene rings is 2. The average Bonchev–Trinajstić information content (AvgIpc) is 2.67. The van der Waals surface area contributed by atoms with Crippen LogP contribution in [0, 0.1) is 0 Å². The van der Waals surface area contributed by atoms with Crippen molar-refractivity contribution in [3.8, 4) is 5.75 Å². The van der Waals surface area contributed by atoms with Crippen LogP contribution in [-0.2, 0) is 14.3 Å². The van der Waals surface area contributed by atoms with Gasteiger partial charge in [0.05, 0.1) is 6.61 Å². The molecule has 6 heteroatoms. The van der Waals surface area contributed by atoms with Gasteiger partial charge in [0.1, 0.15) is 5.75 Å². The average molecular weight is 371 g/mol. The third-order valence-electron chi connectivity index (χ3n) is 3.32. The lowest BCUT2D eigenvalue weighted by molar-refractivity contribution is -0.142. The van der Waals surface area contributed by atoms with Gasteiger partial charge in [-0.1, -0.05) is 12.1 Å². The molecule has 0 bridgehead atoms. The van der Waals surface area contributed by atoms with Crippen molar-refractivity contribution in [3.63, 3.8) is 0 Å².